The highest BCUT2D eigenvalue weighted by Gasteiger charge is 2.36. The molecule has 2 heterocycles. The Hall–Kier alpha value is -1.85. The second-order valence-electron chi connectivity index (χ2n) is 5.41. The topological polar surface area (TPSA) is 67.2 Å². The second kappa shape index (κ2) is 5.03. The van der Waals surface area contributed by atoms with Crippen molar-refractivity contribution in [2.24, 2.45) is 7.05 Å². The van der Waals surface area contributed by atoms with Crippen molar-refractivity contribution in [3.63, 3.8) is 0 Å². The van der Waals surface area contributed by atoms with Crippen LogP contribution in [-0.4, -0.2) is 45.1 Å². The van der Waals surface area contributed by atoms with Gasteiger partial charge in [-0.1, -0.05) is 0 Å². The number of hydrogen-bond donors (Lipinski definition) is 1. The highest BCUT2D eigenvalue weighted by Crippen LogP contribution is 2.14. The van der Waals surface area contributed by atoms with Crippen LogP contribution >= 0.6 is 0 Å². The number of aromatic nitrogens is 2. The summed E-state index contributed by atoms with van der Waals surface area (Å²) in [4.78, 5) is 25.7. The zero-order chi connectivity index (χ0) is 14.0. The fraction of sp³-hybridized carbons (Fsp3) is 0.615. The summed E-state index contributed by atoms with van der Waals surface area (Å²) in [5, 5.41) is 6.86. The maximum Gasteiger partial charge on any atom is 0.247 e. The summed E-state index contributed by atoms with van der Waals surface area (Å²) in [6, 6.07) is 1.94. The average molecular weight is 264 g/mol. The Balaban J connectivity index is 2.04. The van der Waals surface area contributed by atoms with Crippen molar-refractivity contribution < 1.29 is 9.59 Å². The first-order valence-corrected chi connectivity index (χ1v) is 6.47. The highest BCUT2D eigenvalue weighted by molar-refractivity contribution is 5.92. The first-order valence-electron chi connectivity index (χ1n) is 6.47. The van der Waals surface area contributed by atoms with E-state index in [4.69, 9.17) is 0 Å². The van der Waals surface area contributed by atoms with Crippen molar-refractivity contribution in [3.05, 3.63) is 18.0 Å². The number of amides is 2. The molecule has 2 rings (SSSR count). The van der Waals surface area contributed by atoms with Gasteiger partial charge in [0.1, 0.15) is 5.54 Å². The van der Waals surface area contributed by atoms with Crippen LogP contribution in [0.15, 0.2) is 12.3 Å². The Kier molecular flexibility index (Phi) is 3.59. The summed E-state index contributed by atoms with van der Waals surface area (Å²) in [5.74, 6) is -0.0955. The fourth-order valence-electron chi connectivity index (χ4n) is 2.31. The Morgan fingerprint density at radius 3 is 2.79 bits per heavy atom. The highest BCUT2D eigenvalue weighted by atomic mass is 16.2. The largest absolute Gasteiger partial charge is 0.342 e. The van der Waals surface area contributed by atoms with Gasteiger partial charge in [0.15, 0.2) is 0 Å². The smallest absolute Gasteiger partial charge is 0.247 e. The number of nitrogens with zero attached hydrogens (tertiary/aromatic N) is 3. The van der Waals surface area contributed by atoms with Crippen LogP contribution in [0, 0.1) is 0 Å². The van der Waals surface area contributed by atoms with E-state index in [0.717, 1.165) is 12.1 Å². The summed E-state index contributed by atoms with van der Waals surface area (Å²) in [5.41, 5.74) is 0.259. The van der Waals surface area contributed by atoms with E-state index >= 15 is 0 Å². The predicted octanol–water partition coefficient (Wildman–Crippen LogP) is 0.0897. The fourth-order valence-corrected chi connectivity index (χ4v) is 2.31. The second-order valence-corrected chi connectivity index (χ2v) is 5.41. The number of nitrogens with one attached hydrogen (secondary N) is 1. The normalized spacial score (nSPS) is 19.2. The van der Waals surface area contributed by atoms with E-state index in [2.05, 4.69) is 10.4 Å². The molecule has 19 heavy (non-hydrogen) atoms. The summed E-state index contributed by atoms with van der Waals surface area (Å²) >= 11 is 0. The molecule has 104 valence electrons. The Labute approximate surface area is 112 Å². The summed E-state index contributed by atoms with van der Waals surface area (Å²) in [6.45, 7) is 4.58. The van der Waals surface area contributed by atoms with Crippen LogP contribution in [0.1, 0.15) is 26.0 Å². The molecule has 0 unspecified atom stereocenters. The van der Waals surface area contributed by atoms with Gasteiger partial charge in [-0.3, -0.25) is 14.3 Å². The maximum atomic E-state index is 12.3. The first-order chi connectivity index (χ1) is 8.90. The van der Waals surface area contributed by atoms with Crippen molar-refractivity contribution >= 4 is 11.8 Å². The van der Waals surface area contributed by atoms with Gasteiger partial charge >= 0.3 is 0 Å². The molecule has 0 aliphatic carbocycles. The average Bonchev–Trinajstić information content (AvgIpc) is 2.69. The number of rotatable bonds is 3. The van der Waals surface area contributed by atoms with E-state index < -0.39 is 5.54 Å². The third-order valence-electron chi connectivity index (χ3n) is 3.44. The molecule has 1 N–H and O–H groups in total. The summed E-state index contributed by atoms with van der Waals surface area (Å²) in [7, 11) is 1.88. The third kappa shape index (κ3) is 2.94. The first kappa shape index (κ1) is 13.6. The van der Waals surface area contributed by atoms with Crippen LogP contribution in [0.25, 0.3) is 0 Å². The Morgan fingerprint density at radius 2 is 2.16 bits per heavy atom. The molecule has 1 aliphatic rings. The van der Waals surface area contributed by atoms with Gasteiger partial charge < -0.3 is 10.2 Å². The van der Waals surface area contributed by atoms with E-state index in [1.807, 2.05) is 13.1 Å². The molecular formula is C13H20N4O2. The van der Waals surface area contributed by atoms with Gasteiger partial charge in [-0.25, -0.2) is 0 Å². The minimum Gasteiger partial charge on any atom is -0.342 e. The van der Waals surface area contributed by atoms with Gasteiger partial charge in [-0.05, 0) is 19.9 Å². The van der Waals surface area contributed by atoms with E-state index in [-0.39, 0.29) is 11.8 Å². The lowest BCUT2D eigenvalue weighted by Crippen LogP contribution is -2.53. The van der Waals surface area contributed by atoms with Crippen LogP contribution < -0.4 is 5.32 Å². The molecule has 0 saturated carbocycles. The number of carbonyl (C=O) groups is 2. The van der Waals surface area contributed by atoms with Crippen LogP contribution in [0.4, 0.5) is 0 Å². The van der Waals surface area contributed by atoms with Gasteiger partial charge in [0.25, 0.3) is 0 Å². The van der Waals surface area contributed by atoms with E-state index in [1.165, 1.54) is 0 Å². The van der Waals surface area contributed by atoms with Crippen molar-refractivity contribution in [1.82, 2.24) is 20.0 Å². The molecule has 1 fully saturated rings. The summed E-state index contributed by atoms with van der Waals surface area (Å²) < 4.78 is 1.80. The monoisotopic (exact) mass is 264 g/mol. The Morgan fingerprint density at radius 1 is 1.42 bits per heavy atom. The van der Waals surface area contributed by atoms with Crippen LogP contribution in [0.5, 0.6) is 0 Å². The van der Waals surface area contributed by atoms with Gasteiger partial charge in [0.2, 0.25) is 11.8 Å². The standard InChI is InChI=1S/C13H20N4O2/c1-13(2)12(19)17(9-6-11(18)15-13)8-5-10-4-7-14-16(10)3/h4,7H,5-6,8-9H2,1-3H3,(H,15,18). The number of carbonyl (C=O) groups excluding carboxylic acids is 2. The van der Waals surface area contributed by atoms with Crippen LogP contribution in [-0.2, 0) is 23.1 Å². The number of hydrogen-bond acceptors (Lipinski definition) is 3. The van der Waals surface area contributed by atoms with E-state index in [9.17, 15) is 9.59 Å². The molecule has 0 spiro atoms. The molecular weight excluding hydrogens is 244 g/mol. The van der Waals surface area contributed by atoms with Gasteiger partial charge in [-0.2, -0.15) is 5.10 Å². The maximum absolute atomic E-state index is 12.3. The van der Waals surface area contributed by atoms with Crippen molar-refractivity contribution in [1.29, 1.82) is 0 Å². The van der Waals surface area contributed by atoms with Crippen molar-refractivity contribution in [3.8, 4) is 0 Å². The van der Waals surface area contributed by atoms with Crippen molar-refractivity contribution in [2.75, 3.05) is 13.1 Å². The lowest BCUT2D eigenvalue weighted by molar-refractivity contribution is -0.137. The number of aryl methyl sites for hydroxylation is 1. The SMILES string of the molecule is Cn1nccc1CCN1CCC(=O)NC(C)(C)C1=O. The molecule has 0 bridgehead atoms. The lowest BCUT2D eigenvalue weighted by Gasteiger charge is -2.28. The summed E-state index contributed by atoms with van der Waals surface area (Å²) in [6.07, 6.45) is 2.85. The molecule has 6 nitrogen and oxygen atoms in total. The molecule has 6 heteroatoms. The molecule has 1 aromatic heterocycles. The predicted molar refractivity (Wildman–Crippen MR) is 70.3 cm³/mol. The molecule has 0 radical (unpaired) electrons. The minimum absolute atomic E-state index is 0.0273. The van der Waals surface area contributed by atoms with Gasteiger partial charge in [0.05, 0.1) is 0 Å². The molecule has 1 aliphatic heterocycles. The quantitative estimate of drug-likeness (QED) is 0.841. The molecule has 2 amide bonds. The molecule has 0 aromatic carbocycles. The Bertz CT molecular complexity index is 493. The minimum atomic E-state index is -0.819. The molecule has 0 atom stereocenters. The van der Waals surface area contributed by atoms with Gasteiger partial charge in [0, 0.05) is 44.9 Å². The van der Waals surface area contributed by atoms with Crippen LogP contribution in [0.2, 0.25) is 0 Å². The van der Waals surface area contributed by atoms with E-state index in [0.29, 0.717) is 19.5 Å². The molecule has 1 saturated heterocycles. The van der Waals surface area contributed by atoms with Crippen LogP contribution in [0.3, 0.4) is 0 Å². The lowest BCUT2D eigenvalue weighted by atomic mass is 10.0. The van der Waals surface area contributed by atoms with Gasteiger partial charge in [-0.15, -0.1) is 0 Å². The molecule has 1 aromatic rings. The van der Waals surface area contributed by atoms with E-state index in [1.54, 1.807) is 29.6 Å². The third-order valence-corrected chi connectivity index (χ3v) is 3.44. The zero-order valence-electron chi connectivity index (χ0n) is 11.6. The zero-order valence-corrected chi connectivity index (χ0v) is 11.6. The van der Waals surface area contributed by atoms with Crippen molar-refractivity contribution in [2.45, 2.75) is 32.2 Å².